The van der Waals surface area contributed by atoms with E-state index in [1.807, 2.05) is 0 Å². The molecule has 0 atom stereocenters. The van der Waals surface area contributed by atoms with Crippen LogP contribution in [0, 0.1) is 0 Å². The fourth-order valence-corrected chi connectivity index (χ4v) is 0.696. The average Bonchev–Trinajstić information content (AvgIpc) is 2.15. The van der Waals surface area contributed by atoms with Crippen LogP contribution in [0.5, 0.6) is 0 Å². The number of carbonyl (C=O) groups is 1. The number of amides is 1. The fraction of sp³-hybridized carbons (Fsp3) is 0.400. The van der Waals surface area contributed by atoms with Crippen molar-refractivity contribution in [2.45, 2.75) is 12.6 Å². The number of hydrogen-bond donors (Lipinski definition) is 3. The van der Waals surface area contributed by atoms with Gasteiger partial charge in [-0.25, -0.2) is 0 Å². The average molecular weight is 127 g/mol. The van der Waals surface area contributed by atoms with Gasteiger partial charge in [0.1, 0.15) is 6.17 Å². The van der Waals surface area contributed by atoms with Gasteiger partial charge >= 0.3 is 0 Å². The van der Waals surface area contributed by atoms with Crippen LogP contribution in [0.3, 0.4) is 0 Å². The first-order valence-corrected chi connectivity index (χ1v) is 2.74. The van der Waals surface area contributed by atoms with E-state index in [-0.39, 0.29) is 12.1 Å². The van der Waals surface area contributed by atoms with Gasteiger partial charge in [0.05, 0.1) is 6.42 Å². The van der Waals surface area contributed by atoms with E-state index in [4.69, 9.17) is 5.73 Å². The molecule has 0 unspecified atom stereocenters. The van der Waals surface area contributed by atoms with Crippen LogP contribution in [0.1, 0.15) is 6.42 Å². The Balaban J connectivity index is 2.22. The maximum Gasteiger partial charge on any atom is 0.221 e. The van der Waals surface area contributed by atoms with Crippen molar-refractivity contribution in [3.05, 3.63) is 12.4 Å². The van der Waals surface area contributed by atoms with Gasteiger partial charge in [-0.3, -0.25) is 4.79 Å². The van der Waals surface area contributed by atoms with E-state index >= 15 is 0 Å². The Morgan fingerprint density at radius 1 is 1.56 bits per heavy atom. The third-order valence-corrected chi connectivity index (χ3v) is 1.08. The quantitative estimate of drug-likeness (QED) is 0.439. The van der Waals surface area contributed by atoms with Crippen LogP contribution in [-0.4, -0.2) is 12.1 Å². The molecule has 1 amide bonds. The van der Waals surface area contributed by atoms with Crippen LogP contribution in [-0.2, 0) is 4.79 Å². The summed E-state index contributed by atoms with van der Waals surface area (Å²) in [5.74, 6) is -0.302. The van der Waals surface area contributed by atoms with Gasteiger partial charge in [0.15, 0.2) is 0 Å². The van der Waals surface area contributed by atoms with Gasteiger partial charge in [-0.2, -0.15) is 0 Å². The van der Waals surface area contributed by atoms with Crippen molar-refractivity contribution in [2.75, 3.05) is 0 Å². The summed E-state index contributed by atoms with van der Waals surface area (Å²) >= 11 is 0. The lowest BCUT2D eigenvalue weighted by Gasteiger charge is -2.07. The van der Waals surface area contributed by atoms with E-state index in [1.165, 1.54) is 0 Å². The molecule has 0 saturated heterocycles. The normalized spacial score (nSPS) is 16.9. The lowest BCUT2D eigenvalue weighted by atomic mass is 10.3. The molecule has 0 radical (unpaired) electrons. The first kappa shape index (κ1) is 5.94. The molecule has 0 spiro atoms. The van der Waals surface area contributed by atoms with E-state index in [0.717, 1.165) is 0 Å². The van der Waals surface area contributed by atoms with E-state index < -0.39 is 0 Å². The smallest absolute Gasteiger partial charge is 0.221 e. The highest BCUT2D eigenvalue weighted by atomic mass is 16.1. The second-order valence-electron chi connectivity index (χ2n) is 1.89. The van der Waals surface area contributed by atoms with Gasteiger partial charge in [-0.1, -0.05) is 0 Å². The summed E-state index contributed by atoms with van der Waals surface area (Å²) in [4.78, 5) is 10.3. The number of carbonyl (C=O) groups excluding carboxylic acids is 1. The van der Waals surface area contributed by atoms with Gasteiger partial charge in [-0.05, 0) is 0 Å². The zero-order valence-corrected chi connectivity index (χ0v) is 4.92. The Bertz CT molecular complexity index is 135. The molecular weight excluding hydrogens is 118 g/mol. The SMILES string of the molecule is NC(=O)CC1NC=CN1. The van der Waals surface area contributed by atoms with Gasteiger partial charge in [0.2, 0.25) is 5.91 Å². The Morgan fingerprint density at radius 2 is 2.11 bits per heavy atom. The monoisotopic (exact) mass is 127 g/mol. The van der Waals surface area contributed by atoms with Crippen LogP contribution in [0.4, 0.5) is 0 Å². The molecule has 1 aliphatic heterocycles. The number of nitrogens with two attached hydrogens (primary N) is 1. The van der Waals surface area contributed by atoms with Gasteiger partial charge in [0.25, 0.3) is 0 Å². The van der Waals surface area contributed by atoms with Crippen LogP contribution in [0.15, 0.2) is 12.4 Å². The molecule has 0 bridgehead atoms. The summed E-state index contributed by atoms with van der Waals surface area (Å²) < 4.78 is 0. The molecule has 1 heterocycles. The summed E-state index contributed by atoms with van der Waals surface area (Å²) in [5, 5.41) is 5.79. The van der Waals surface area contributed by atoms with Crippen LogP contribution in [0.2, 0.25) is 0 Å². The lowest BCUT2D eigenvalue weighted by Crippen LogP contribution is -2.35. The summed E-state index contributed by atoms with van der Waals surface area (Å²) in [7, 11) is 0. The summed E-state index contributed by atoms with van der Waals surface area (Å²) in [6, 6.07) is 0. The van der Waals surface area contributed by atoms with E-state index in [0.29, 0.717) is 6.42 Å². The zero-order chi connectivity index (χ0) is 6.69. The molecule has 1 aliphatic rings. The minimum Gasteiger partial charge on any atom is -0.370 e. The molecule has 0 aromatic carbocycles. The van der Waals surface area contributed by atoms with E-state index in [2.05, 4.69) is 10.6 Å². The van der Waals surface area contributed by atoms with Gasteiger partial charge in [0, 0.05) is 12.4 Å². The molecule has 0 saturated carbocycles. The van der Waals surface area contributed by atoms with Gasteiger partial charge < -0.3 is 16.4 Å². The maximum absolute atomic E-state index is 10.3. The summed E-state index contributed by atoms with van der Waals surface area (Å²) in [6.45, 7) is 0. The van der Waals surface area contributed by atoms with E-state index in [1.54, 1.807) is 12.4 Å². The Labute approximate surface area is 53.1 Å². The second kappa shape index (κ2) is 2.39. The fourth-order valence-electron chi connectivity index (χ4n) is 0.696. The van der Waals surface area contributed by atoms with Crippen molar-refractivity contribution in [2.24, 2.45) is 5.73 Å². The summed E-state index contributed by atoms with van der Waals surface area (Å²) in [5.41, 5.74) is 4.93. The molecule has 0 aromatic heterocycles. The third kappa shape index (κ3) is 1.64. The molecule has 1 rings (SSSR count). The Hall–Kier alpha value is -1.19. The van der Waals surface area contributed by atoms with Crippen molar-refractivity contribution in [3.8, 4) is 0 Å². The molecule has 0 aromatic rings. The van der Waals surface area contributed by atoms with Crippen LogP contribution < -0.4 is 16.4 Å². The van der Waals surface area contributed by atoms with Crippen LogP contribution >= 0.6 is 0 Å². The highest BCUT2D eigenvalue weighted by Crippen LogP contribution is 1.90. The predicted octanol–water partition coefficient (Wildman–Crippen LogP) is -1.15. The van der Waals surface area contributed by atoms with Crippen molar-refractivity contribution < 1.29 is 4.79 Å². The highest BCUT2D eigenvalue weighted by Gasteiger charge is 2.09. The van der Waals surface area contributed by atoms with E-state index in [9.17, 15) is 4.79 Å². The Morgan fingerprint density at radius 3 is 2.56 bits per heavy atom. The molecule has 4 nitrogen and oxygen atoms in total. The molecule has 50 valence electrons. The highest BCUT2D eigenvalue weighted by molar-refractivity contribution is 5.74. The largest absolute Gasteiger partial charge is 0.370 e. The van der Waals surface area contributed by atoms with Crippen molar-refractivity contribution in [3.63, 3.8) is 0 Å². The molecule has 9 heavy (non-hydrogen) atoms. The molecular formula is C5H9N3O. The number of hydrogen-bond acceptors (Lipinski definition) is 3. The zero-order valence-electron chi connectivity index (χ0n) is 4.92. The number of primary amides is 1. The second-order valence-corrected chi connectivity index (χ2v) is 1.89. The lowest BCUT2D eigenvalue weighted by molar-refractivity contribution is -0.118. The molecule has 0 aliphatic carbocycles. The molecule has 4 heteroatoms. The van der Waals surface area contributed by atoms with Crippen molar-refractivity contribution in [1.29, 1.82) is 0 Å². The number of rotatable bonds is 2. The topological polar surface area (TPSA) is 67.2 Å². The number of nitrogens with one attached hydrogen (secondary N) is 2. The summed E-state index contributed by atoms with van der Waals surface area (Å²) in [6.07, 6.45) is 3.82. The minimum atomic E-state index is -0.302. The van der Waals surface area contributed by atoms with Crippen molar-refractivity contribution in [1.82, 2.24) is 10.6 Å². The first-order chi connectivity index (χ1) is 4.29. The van der Waals surface area contributed by atoms with Gasteiger partial charge in [-0.15, -0.1) is 0 Å². The minimum absolute atomic E-state index is 0.00231. The predicted molar refractivity (Wildman–Crippen MR) is 33.0 cm³/mol. The first-order valence-electron chi connectivity index (χ1n) is 2.74. The molecule has 0 fully saturated rings. The molecule has 4 N–H and O–H groups in total. The maximum atomic E-state index is 10.3. The van der Waals surface area contributed by atoms with Crippen molar-refractivity contribution >= 4 is 5.91 Å². The standard InChI is InChI=1S/C5H9N3O/c6-4(9)3-5-7-1-2-8-5/h1-2,5,7-8H,3H2,(H2,6,9). The van der Waals surface area contributed by atoms with Crippen LogP contribution in [0.25, 0.3) is 0 Å². The third-order valence-electron chi connectivity index (χ3n) is 1.08. The Kier molecular flexibility index (Phi) is 1.58.